The van der Waals surface area contributed by atoms with Gasteiger partial charge in [0.15, 0.2) is 11.5 Å². The lowest BCUT2D eigenvalue weighted by Crippen LogP contribution is -2.29. The molecule has 0 bridgehead atoms. The summed E-state index contributed by atoms with van der Waals surface area (Å²) >= 11 is 0. The number of ether oxygens (including phenoxy) is 2. The summed E-state index contributed by atoms with van der Waals surface area (Å²) in [5.41, 5.74) is 6.38. The topological polar surface area (TPSA) is 98.9 Å². The molecule has 122 valence electrons. The first-order valence-corrected chi connectivity index (χ1v) is 7.19. The van der Waals surface area contributed by atoms with E-state index in [2.05, 4.69) is 0 Å². The number of carbonyl (C=O) groups excluding carboxylic acids is 1. The van der Waals surface area contributed by atoms with Crippen LogP contribution in [0.3, 0.4) is 0 Å². The number of aliphatic carboxylic acids is 1. The second-order valence-corrected chi connectivity index (χ2v) is 5.06. The lowest BCUT2D eigenvalue weighted by Gasteiger charge is -2.09. The first kappa shape index (κ1) is 18.0. The molecule has 0 heterocycles. The van der Waals surface area contributed by atoms with Crippen LogP contribution < -0.4 is 15.2 Å². The van der Waals surface area contributed by atoms with Crippen LogP contribution in [0.15, 0.2) is 18.2 Å². The van der Waals surface area contributed by atoms with Crippen molar-refractivity contribution in [2.24, 2.45) is 5.73 Å². The van der Waals surface area contributed by atoms with Crippen LogP contribution >= 0.6 is 0 Å². The number of hydrogen-bond acceptors (Lipinski definition) is 5. The third-order valence-corrected chi connectivity index (χ3v) is 3.43. The van der Waals surface area contributed by atoms with E-state index in [1.165, 1.54) is 0 Å². The summed E-state index contributed by atoms with van der Waals surface area (Å²) < 4.78 is 10.4. The maximum absolute atomic E-state index is 11.8. The Labute approximate surface area is 130 Å². The largest absolute Gasteiger partial charge is 0.493 e. The molecule has 1 aromatic carbocycles. The van der Waals surface area contributed by atoms with Crippen molar-refractivity contribution in [2.75, 3.05) is 14.2 Å². The molecule has 1 rings (SSSR count). The highest BCUT2D eigenvalue weighted by Crippen LogP contribution is 2.28. The van der Waals surface area contributed by atoms with Crippen LogP contribution in [0, 0.1) is 0 Å². The third kappa shape index (κ3) is 5.73. The van der Waals surface area contributed by atoms with Gasteiger partial charge < -0.3 is 20.3 Å². The molecule has 0 saturated carbocycles. The normalized spacial score (nSPS) is 11.8. The summed E-state index contributed by atoms with van der Waals surface area (Å²) in [7, 11) is 3.14. The molecule has 0 aromatic heterocycles. The summed E-state index contributed by atoms with van der Waals surface area (Å²) in [6.45, 7) is 0. The number of ketones is 1. The average molecular weight is 309 g/mol. The number of benzene rings is 1. The van der Waals surface area contributed by atoms with Gasteiger partial charge in [-0.2, -0.15) is 0 Å². The molecule has 3 N–H and O–H groups in total. The molecule has 0 radical (unpaired) electrons. The number of carboxylic acid groups (broad SMARTS) is 1. The number of Topliss-reactive ketones (excluding diaryl/α,β-unsaturated/α-hetero) is 1. The molecule has 1 unspecified atom stereocenters. The lowest BCUT2D eigenvalue weighted by atomic mass is 10.0. The van der Waals surface area contributed by atoms with E-state index in [1.807, 2.05) is 18.2 Å². The van der Waals surface area contributed by atoms with Gasteiger partial charge in [0.05, 0.1) is 14.2 Å². The Morgan fingerprint density at radius 1 is 1.18 bits per heavy atom. The highest BCUT2D eigenvalue weighted by molar-refractivity contribution is 5.78. The van der Waals surface area contributed by atoms with Crippen molar-refractivity contribution in [3.05, 3.63) is 23.8 Å². The van der Waals surface area contributed by atoms with Crippen LogP contribution in [-0.2, 0) is 16.0 Å². The summed E-state index contributed by atoms with van der Waals surface area (Å²) in [5.74, 6) is 0.366. The van der Waals surface area contributed by atoms with Crippen LogP contribution in [0.25, 0.3) is 0 Å². The quantitative estimate of drug-likeness (QED) is 0.683. The molecule has 1 atom stereocenters. The van der Waals surface area contributed by atoms with Crippen molar-refractivity contribution in [3.63, 3.8) is 0 Å². The second kappa shape index (κ2) is 9.04. The van der Waals surface area contributed by atoms with Gasteiger partial charge in [0.2, 0.25) is 0 Å². The van der Waals surface area contributed by atoms with Gasteiger partial charge in [-0.05, 0) is 37.0 Å². The van der Waals surface area contributed by atoms with Crippen LogP contribution in [0.1, 0.15) is 31.2 Å². The van der Waals surface area contributed by atoms with E-state index in [-0.39, 0.29) is 5.78 Å². The molecular formula is C16H23NO5. The highest BCUT2D eigenvalue weighted by atomic mass is 16.5. The van der Waals surface area contributed by atoms with Gasteiger partial charge in [-0.1, -0.05) is 6.07 Å². The Morgan fingerprint density at radius 3 is 2.45 bits per heavy atom. The van der Waals surface area contributed by atoms with Crippen LogP contribution in [0.5, 0.6) is 11.5 Å². The second-order valence-electron chi connectivity index (χ2n) is 5.06. The van der Waals surface area contributed by atoms with Crippen LogP contribution in [0.2, 0.25) is 0 Å². The molecule has 0 spiro atoms. The Bertz CT molecular complexity index is 515. The molecule has 0 aliphatic heterocycles. The fraction of sp³-hybridized carbons (Fsp3) is 0.500. The van der Waals surface area contributed by atoms with Crippen LogP contribution in [-0.4, -0.2) is 37.1 Å². The van der Waals surface area contributed by atoms with Gasteiger partial charge in [-0.3, -0.25) is 9.59 Å². The van der Waals surface area contributed by atoms with Gasteiger partial charge in [0.25, 0.3) is 0 Å². The molecule has 6 heteroatoms. The Balaban J connectivity index is 2.39. The van der Waals surface area contributed by atoms with Crippen LogP contribution in [0.4, 0.5) is 0 Å². The fourth-order valence-corrected chi connectivity index (χ4v) is 2.09. The predicted octanol–water partition coefficient (Wildman–Crippen LogP) is 1.79. The molecule has 0 aliphatic carbocycles. The number of hydrogen-bond donors (Lipinski definition) is 2. The zero-order valence-electron chi connectivity index (χ0n) is 13.0. The highest BCUT2D eigenvalue weighted by Gasteiger charge is 2.12. The van der Waals surface area contributed by atoms with Crippen molar-refractivity contribution in [3.8, 4) is 11.5 Å². The van der Waals surface area contributed by atoms with E-state index < -0.39 is 12.0 Å². The monoisotopic (exact) mass is 309 g/mol. The zero-order chi connectivity index (χ0) is 16.5. The molecule has 0 aliphatic rings. The van der Waals surface area contributed by atoms with Gasteiger partial charge in [-0.25, -0.2) is 0 Å². The van der Waals surface area contributed by atoms with Crippen molar-refractivity contribution < 1.29 is 24.2 Å². The molecule has 22 heavy (non-hydrogen) atoms. The number of carboxylic acids is 1. The van der Waals surface area contributed by atoms with Crippen molar-refractivity contribution in [2.45, 2.75) is 38.1 Å². The molecule has 0 amide bonds. The van der Waals surface area contributed by atoms with E-state index in [0.717, 1.165) is 5.56 Å². The van der Waals surface area contributed by atoms with E-state index in [0.29, 0.717) is 43.6 Å². The zero-order valence-corrected chi connectivity index (χ0v) is 13.0. The SMILES string of the molecule is COc1ccc(CCC(=O)CCCC(N)C(=O)O)cc1OC. The molecule has 0 saturated heterocycles. The molecule has 1 aromatic rings. The number of methoxy groups -OCH3 is 2. The van der Waals surface area contributed by atoms with E-state index in [1.54, 1.807) is 14.2 Å². The summed E-state index contributed by atoms with van der Waals surface area (Å²) in [5, 5.41) is 8.66. The average Bonchev–Trinajstić information content (AvgIpc) is 2.52. The third-order valence-electron chi connectivity index (χ3n) is 3.43. The minimum absolute atomic E-state index is 0.104. The summed E-state index contributed by atoms with van der Waals surface area (Å²) in [6.07, 6.45) is 2.20. The van der Waals surface area contributed by atoms with E-state index in [4.69, 9.17) is 20.3 Å². The molecular weight excluding hydrogens is 286 g/mol. The smallest absolute Gasteiger partial charge is 0.320 e. The van der Waals surface area contributed by atoms with Gasteiger partial charge in [0.1, 0.15) is 11.8 Å². The molecule has 0 fully saturated rings. The fourth-order valence-electron chi connectivity index (χ4n) is 2.09. The lowest BCUT2D eigenvalue weighted by molar-refractivity contribution is -0.138. The van der Waals surface area contributed by atoms with E-state index in [9.17, 15) is 9.59 Å². The van der Waals surface area contributed by atoms with Crippen molar-refractivity contribution in [1.29, 1.82) is 0 Å². The summed E-state index contributed by atoms with van der Waals surface area (Å²) in [6, 6.07) is 4.67. The number of carbonyl (C=O) groups is 2. The number of aryl methyl sites for hydroxylation is 1. The standard InChI is InChI=1S/C16H23NO5/c1-21-14-9-7-11(10-15(14)22-2)6-8-12(18)4-3-5-13(17)16(19)20/h7,9-10,13H,3-6,8,17H2,1-2H3,(H,19,20). The first-order chi connectivity index (χ1) is 10.5. The Kier molecular flexibility index (Phi) is 7.39. The minimum Gasteiger partial charge on any atom is -0.493 e. The number of nitrogens with two attached hydrogens (primary N) is 1. The van der Waals surface area contributed by atoms with Crippen molar-refractivity contribution in [1.82, 2.24) is 0 Å². The Morgan fingerprint density at radius 2 is 1.86 bits per heavy atom. The Hall–Kier alpha value is -2.08. The van der Waals surface area contributed by atoms with Gasteiger partial charge in [-0.15, -0.1) is 0 Å². The predicted molar refractivity (Wildman–Crippen MR) is 82.3 cm³/mol. The van der Waals surface area contributed by atoms with E-state index >= 15 is 0 Å². The first-order valence-electron chi connectivity index (χ1n) is 7.19. The number of rotatable bonds is 10. The molecule has 6 nitrogen and oxygen atoms in total. The minimum atomic E-state index is -1.03. The van der Waals surface area contributed by atoms with Crippen molar-refractivity contribution >= 4 is 11.8 Å². The van der Waals surface area contributed by atoms with Gasteiger partial charge >= 0.3 is 5.97 Å². The maximum Gasteiger partial charge on any atom is 0.320 e. The maximum atomic E-state index is 11.8. The van der Waals surface area contributed by atoms with Gasteiger partial charge in [0, 0.05) is 12.8 Å². The summed E-state index contributed by atoms with van der Waals surface area (Å²) in [4.78, 5) is 22.4.